The fraction of sp³-hybridized carbons (Fsp3) is 0.600. The lowest BCUT2D eigenvalue weighted by atomic mass is 9.64. The van der Waals surface area contributed by atoms with Gasteiger partial charge in [-0.1, -0.05) is 53.7 Å². The maximum Gasteiger partial charge on any atom is 0.0314 e. The molecule has 1 aromatic carbocycles. The van der Waals surface area contributed by atoms with Crippen LogP contribution in [0.1, 0.15) is 53.0 Å². The normalized spacial score (nSPS) is 13.2. The van der Waals surface area contributed by atoms with Gasteiger partial charge < -0.3 is 5.73 Å². The van der Waals surface area contributed by atoms with Crippen LogP contribution in [0.4, 0.5) is 5.69 Å². The van der Waals surface area contributed by atoms with E-state index in [-0.39, 0.29) is 10.8 Å². The highest BCUT2D eigenvalue weighted by atomic mass is 14.5. The minimum Gasteiger partial charge on any atom is -0.399 e. The molecule has 0 bridgehead atoms. The molecular formula is C15H25N. The highest BCUT2D eigenvalue weighted by Crippen LogP contribution is 2.47. The second-order valence-electron chi connectivity index (χ2n) is 6.83. The Balaban J connectivity index is 3.18. The van der Waals surface area contributed by atoms with Crippen molar-refractivity contribution in [2.24, 2.45) is 10.8 Å². The van der Waals surface area contributed by atoms with Crippen LogP contribution < -0.4 is 5.73 Å². The third-order valence-electron chi connectivity index (χ3n) is 3.00. The molecule has 1 rings (SSSR count). The quantitative estimate of drug-likeness (QED) is 0.694. The van der Waals surface area contributed by atoms with E-state index in [9.17, 15) is 0 Å². The Bertz CT molecular complexity index is 321. The summed E-state index contributed by atoms with van der Waals surface area (Å²) < 4.78 is 0. The molecule has 0 saturated heterocycles. The van der Waals surface area contributed by atoms with Gasteiger partial charge >= 0.3 is 0 Å². The van der Waals surface area contributed by atoms with E-state index in [1.807, 2.05) is 12.1 Å². The van der Waals surface area contributed by atoms with Gasteiger partial charge in [-0.05, 0) is 34.4 Å². The molecular weight excluding hydrogens is 194 g/mol. The maximum atomic E-state index is 5.74. The Morgan fingerprint density at radius 3 is 1.50 bits per heavy atom. The monoisotopic (exact) mass is 219 g/mol. The first kappa shape index (κ1) is 13.1. The second kappa shape index (κ2) is 4.12. The van der Waals surface area contributed by atoms with E-state index in [4.69, 9.17) is 5.73 Å². The predicted octanol–water partition coefficient (Wildman–Crippen LogP) is 4.44. The number of hydrogen-bond donors (Lipinski definition) is 1. The standard InChI is InChI=1S/C15H25N/c1-14(2,3)13(15(4,5)6)11-7-9-12(16)10-8-11/h7-10,13H,16H2,1-6H3. The van der Waals surface area contributed by atoms with E-state index in [0.29, 0.717) is 5.92 Å². The van der Waals surface area contributed by atoms with Gasteiger partial charge in [-0.25, -0.2) is 0 Å². The highest BCUT2D eigenvalue weighted by Gasteiger charge is 2.35. The van der Waals surface area contributed by atoms with Crippen molar-refractivity contribution >= 4 is 5.69 Å². The Morgan fingerprint density at radius 1 is 0.812 bits per heavy atom. The lowest BCUT2D eigenvalue weighted by Crippen LogP contribution is -2.30. The third kappa shape index (κ3) is 3.01. The van der Waals surface area contributed by atoms with Crippen LogP contribution in [-0.4, -0.2) is 0 Å². The number of hydrogen-bond acceptors (Lipinski definition) is 1. The Hall–Kier alpha value is -0.980. The summed E-state index contributed by atoms with van der Waals surface area (Å²) in [5, 5.41) is 0. The Labute approximate surface area is 100 Å². The summed E-state index contributed by atoms with van der Waals surface area (Å²) in [4.78, 5) is 0. The molecule has 1 aromatic rings. The summed E-state index contributed by atoms with van der Waals surface area (Å²) in [6.45, 7) is 13.8. The van der Waals surface area contributed by atoms with Crippen molar-refractivity contribution in [1.29, 1.82) is 0 Å². The molecule has 2 N–H and O–H groups in total. The van der Waals surface area contributed by atoms with E-state index in [0.717, 1.165) is 5.69 Å². The number of nitrogens with two attached hydrogens (primary N) is 1. The average Bonchev–Trinajstić information content (AvgIpc) is 2.03. The van der Waals surface area contributed by atoms with Gasteiger partial charge in [-0.3, -0.25) is 0 Å². The number of anilines is 1. The van der Waals surface area contributed by atoms with Crippen LogP contribution in [0, 0.1) is 10.8 Å². The topological polar surface area (TPSA) is 26.0 Å². The minimum atomic E-state index is 0.258. The third-order valence-corrected chi connectivity index (χ3v) is 3.00. The van der Waals surface area contributed by atoms with E-state index in [1.165, 1.54) is 5.56 Å². The van der Waals surface area contributed by atoms with Gasteiger partial charge in [0.1, 0.15) is 0 Å². The fourth-order valence-corrected chi connectivity index (χ4v) is 2.99. The second-order valence-corrected chi connectivity index (χ2v) is 6.83. The molecule has 0 aliphatic heterocycles. The summed E-state index contributed by atoms with van der Waals surface area (Å²) in [5.74, 6) is 0.528. The molecule has 0 atom stereocenters. The van der Waals surface area contributed by atoms with Gasteiger partial charge in [-0.2, -0.15) is 0 Å². The predicted molar refractivity (Wildman–Crippen MR) is 72.5 cm³/mol. The molecule has 1 heteroatoms. The lowest BCUT2D eigenvalue weighted by molar-refractivity contribution is 0.176. The van der Waals surface area contributed by atoms with Gasteiger partial charge in [0, 0.05) is 5.69 Å². The maximum absolute atomic E-state index is 5.74. The van der Waals surface area contributed by atoms with Crippen molar-refractivity contribution in [3.05, 3.63) is 29.8 Å². The first-order chi connectivity index (χ1) is 7.12. The molecule has 0 radical (unpaired) electrons. The highest BCUT2D eigenvalue weighted by molar-refractivity contribution is 5.41. The molecule has 0 heterocycles. The SMILES string of the molecule is CC(C)(C)C(c1ccc(N)cc1)C(C)(C)C. The molecule has 0 fully saturated rings. The van der Waals surface area contributed by atoms with Crippen LogP contribution in [0.15, 0.2) is 24.3 Å². The van der Waals surface area contributed by atoms with Crippen LogP contribution in [-0.2, 0) is 0 Å². The zero-order chi connectivity index (χ0) is 12.6. The summed E-state index contributed by atoms with van der Waals surface area (Å²) >= 11 is 0. The molecule has 0 unspecified atom stereocenters. The Morgan fingerprint density at radius 2 is 1.19 bits per heavy atom. The van der Waals surface area contributed by atoms with Gasteiger partial charge in [0.2, 0.25) is 0 Å². The van der Waals surface area contributed by atoms with Crippen LogP contribution in [0.25, 0.3) is 0 Å². The van der Waals surface area contributed by atoms with Crippen LogP contribution in [0.5, 0.6) is 0 Å². The lowest BCUT2D eigenvalue weighted by Gasteiger charge is -2.41. The van der Waals surface area contributed by atoms with Crippen LogP contribution in [0.3, 0.4) is 0 Å². The fourth-order valence-electron chi connectivity index (χ4n) is 2.99. The molecule has 0 aliphatic rings. The number of rotatable bonds is 1. The van der Waals surface area contributed by atoms with Crippen molar-refractivity contribution in [2.75, 3.05) is 5.73 Å². The number of benzene rings is 1. The molecule has 0 spiro atoms. The van der Waals surface area contributed by atoms with Crippen molar-refractivity contribution in [3.63, 3.8) is 0 Å². The smallest absolute Gasteiger partial charge is 0.0314 e. The van der Waals surface area contributed by atoms with Crippen molar-refractivity contribution in [3.8, 4) is 0 Å². The summed E-state index contributed by atoms with van der Waals surface area (Å²) in [5.41, 5.74) is 8.48. The van der Waals surface area contributed by atoms with Gasteiger partial charge in [0.25, 0.3) is 0 Å². The van der Waals surface area contributed by atoms with E-state index in [2.05, 4.69) is 53.7 Å². The minimum absolute atomic E-state index is 0.258. The van der Waals surface area contributed by atoms with E-state index >= 15 is 0 Å². The summed E-state index contributed by atoms with van der Waals surface area (Å²) in [6.07, 6.45) is 0. The first-order valence-electron chi connectivity index (χ1n) is 5.98. The summed E-state index contributed by atoms with van der Waals surface area (Å²) in [7, 11) is 0. The molecule has 0 aromatic heterocycles. The summed E-state index contributed by atoms with van der Waals surface area (Å²) in [6, 6.07) is 8.33. The van der Waals surface area contributed by atoms with Crippen molar-refractivity contribution < 1.29 is 0 Å². The van der Waals surface area contributed by atoms with Crippen molar-refractivity contribution in [1.82, 2.24) is 0 Å². The van der Waals surface area contributed by atoms with E-state index < -0.39 is 0 Å². The zero-order valence-corrected chi connectivity index (χ0v) is 11.5. The van der Waals surface area contributed by atoms with Gasteiger partial charge in [0.15, 0.2) is 0 Å². The van der Waals surface area contributed by atoms with Crippen LogP contribution in [0.2, 0.25) is 0 Å². The molecule has 0 amide bonds. The van der Waals surface area contributed by atoms with E-state index in [1.54, 1.807) is 0 Å². The molecule has 90 valence electrons. The average molecular weight is 219 g/mol. The molecule has 16 heavy (non-hydrogen) atoms. The van der Waals surface area contributed by atoms with Crippen LogP contribution >= 0.6 is 0 Å². The first-order valence-corrected chi connectivity index (χ1v) is 5.98. The molecule has 1 nitrogen and oxygen atoms in total. The van der Waals surface area contributed by atoms with Crippen molar-refractivity contribution in [2.45, 2.75) is 47.5 Å². The largest absolute Gasteiger partial charge is 0.399 e. The zero-order valence-electron chi connectivity index (χ0n) is 11.5. The number of nitrogen functional groups attached to an aromatic ring is 1. The van der Waals surface area contributed by atoms with Gasteiger partial charge in [0.05, 0.1) is 0 Å². The van der Waals surface area contributed by atoms with Gasteiger partial charge in [-0.15, -0.1) is 0 Å². The molecule has 0 aliphatic carbocycles. The Kier molecular flexibility index (Phi) is 3.37. The molecule has 0 saturated carbocycles.